The van der Waals surface area contributed by atoms with Crippen molar-refractivity contribution >= 4 is 5.78 Å². The second-order valence-corrected chi connectivity index (χ2v) is 7.38. The minimum Gasteiger partial charge on any atom is -0.314 e. The van der Waals surface area contributed by atoms with E-state index in [1.165, 1.54) is 35.1 Å². The van der Waals surface area contributed by atoms with Crippen LogP contribution in [-0.2, 0) is 17.8 Å². The third-order valence-electron chi connectivity index (χ3n) is 5.41. The summed E-state index contributed by atoms with van der Waals surface area (Å²) in [6, 6.07) is 16.9. The summed E-state index contributed by atoms with van der Waals surface area (Å²) in [6.45, 7) is 8.14. The maximum Gasteiger partial charge on any atom is 0.191 e. The zero-order chi connectivity index (χ0) is 17.0. The second-order valence-electron chi connectivity index (χ2n) is 7.38. The Morgan fingerprint density at radius 2 is 1.54 bits per heavy atom. The Morgan fingerprint density at radius 3 is 2.17 bits per heavy atom. The maximum absolute atomic E-state index is 12.9. The van der Waals surface area contributed by atoms with Gasteiger partial charge in [0.25, 0.3) is 0 Å². The van der Waals surface area contributed by atoms with E-state index >= 15 is 0 Å². The summed E-state index contributed by atoms with van der Waals surface area (Å²) in [6.07, 6.45) is 3.06. The highest BCUT2D eigenvalue weighted by Gasteiger charge is 2.34. The van der Waals surface area contributed by atoms with Gasteiger partial charge in [-0.3, -0.25) is 4.79 Å². The molecule has 1 saturated heterocycles. The van der Waals surface area contributed by atoms with Crippen LogP contribution in [0.4, 0.5) is 0 Å². The van der Waals surface area contributed by atoms with Crippen LogP contribution in [-0.4, -0.2) is 29.9 Å². The zero-order valence-electron chi connectivity index (χ0n) is 14.9. The van der Waals surface area contributed by atoms with Crippen LogP contribution in [0, 0.1) is 13.8 Å². The minimum absolute atomic E-state index is 0.380. The molecule has 2 aromatic carbocycles. The van der Waals surface area contributed by atoms with Crippen molar-refractivity contribution in [1.82, 2.24) is 0 Å². The molecule has 0 N–H and O–H groups in total. The zero-order valence-corrected chi connectivity index (χ0v) is 14.9. The predicted molar refractivity (Wildman–Crippen MR) is 98.9 cm³/mol. The standard InChI is InChI=1S/C22H28NO/c1-18-9-8-10-19(2)22(18)15-21(24)17-23(13-6-7-14-23)16-20-11-4-3-5-12-20/h3-5,8-12H,6-7,13-17H2,1-2H3/q+1. The number of benzene rings is 2. The fourth-order valence-electron chi connectivity index (χ4n) is 4.10. The number of ketones is 1. The lowest BCUT2D eigenvalue weighted by Crippen LogP contribution is -2.48. The lowest BCUT2D eigenvalue weighted by Gasteiger charge is -2.34. The molecule has 0 amide bonds. The molecule has 3 rings (SSSR count). The maximum atomic E-state index is 12.9. The molecule has 0 radical (unpaired) electrons. The summed E-state index contributed by atoms with van der Waals surface area (Å²) < 4.78 is 0.938. The molecule has 0 aromatic heterocycles. The third-order valence-corrected chi connectivity index (χ3v) is 5.41. The van der Waals surface area contributed by atoms with E-state index in [0.717, 1.165) is 24.1 Å². The molecule has 1 aliphatic rings. The van der Waals surface area contributed by atoms with Gasteiger partial charge >= 0.3 is 0 Å². The Hall–Kier alpha value is -1.93. The number of carbonyl (C=O) groups excluding carboxylic acids is 1. The average molecular weight is 322 g/mol. The average Bonchev–Trinajstić information content (AvgIpc) is 3.00. The first-order valence-electron chi connectivity index (χ1n) is 9.04. The molecule has 0 atom stereocenters. The van der Waals surface area contributed by atoms with Crippen LogP contribution in [0.5, 0.6) is 0 Å². The highest BCUT2D eigenvalue weighted by atomic mass is 16.1. The molecule has 0 saturated carbocycles. The van der Waals surface area contributed by atoms with Crippen LogP contribution in [0.2, 0.25) is 0 Å². The molecule has 2 aromatic rings. The van der Waals surface area contributed by atoms with E-state index in [0.29, 0.717) is 18.7 Å². The molecular weight excluding hydrogens is 294 g/mol. The van der Waals surface area contributed by atoms with Crippen molar-refractivity contribution in [3.8, 4) is 0 Å². The van der Waals surface area contributed by atoms with E-state index in [9.17, 15) is 4.79 Å². The second kappa shape index (κ2) is 7.31. The van der Waals surface area contributed by atoms with Gasteiger partial charge in [-0.05, 0) is 30.5 Å². The van der Waals surface area contributed by atoms with Crippen molar-refractivity contribution < 1.29 is 9.28 Å². The molecular formula is C22H28NO+. The van der Waals surface area contributed by atoms with Crippen molar-refractivity contribution in [1.29, 1.82) is 0 Å². The molecule has 0 unspecified atom stereocenters. The number of hydrogen-bond acceptors (Lipinski definition) is 1. The molecule has 1 aliphatic heterocycles. The van der Waals surface area contributed by atoms with Gasteiger partial charge < -0.3 is 4.48 Å². The van der Waals surface area contributed by atoms with Crippen LogP contribution < -0.4 is 0 Å². The summed E-state index contributed by atoms with van der Waals surface area (Å²) in [4.78, 5) is 12.9. The Kier molecular flexibility index (Phi) is 5.15. The Bertz CT molecular complexity index is 679. The van der Waals surface area contributed by atoms with Crippen LogP contribution in [0.3, 0.4) is 0 Å². The number of Topliss-reactive ketones (excluding diaryl/α,β-unsaturated/α-hetero) is 1. The van der Waals surface area contributed by atoms with E-state index < -0.39 is 0 Å². The summed E-state index contributed by atoms with van der Waals surface area (Å²) >= 11 is 0. The van der Waals surface area contributed by atoms with Gasteiger partial charge in [0.05, 0.1) is 13.1 Å². The summed E-state index contributed by atoms with van der Waals surface area (Å²) in [7, 11) is 0. The molecule has 1 fully saturated rings. The van der Waals surface area contributed by atoms with Gasteiger partial charge in [0.1, 0.15) is 13.1 Å². The largest absolute Gasteiger partial charge is 0.314 e. The number of rotatable bonds is 6. The first-order valence-corrected chi connectivity index (χ1v) is 9.04. The number of carbonyl (C=O) groups is 1. The van der Waals surface area contributed by atoms with E-state index in [1.54, 1.807) is 0 Å². The fraction of sp³-hybridized carbons (Fsp3) is 0.409. The fourth-order valence-corrected chi connectivity index (χ4v) is 4.10. The Morgan fingerprint density at radius 1 is 0.917 bits per heavy atom. The number of aryl methyl sites for hydroxylation is 2. The Labute approximate surface area is 145 Å². The monoisotopic (exact) mass is 322 g/mol. The minimum atomic E-state index is 0.380. The van der Waals surface area contributed by atoms with Crippen LogP contribution in [0.15, 0.2) is 48.5 Å². The van der Waals surface area contributed by atoms with Crippen LogP contribution in [0.25, 0.3) is 0 Å². The lowest BCUT2D eigenvalue weighted by atomic mass is 9.97. The van der Waals surface area contributed by atoms with Gasteiger partial charge in [-0.2, -0.15) is 0 Å². The molecule has 2 heteroatoms. The summed E-state index contributed by atoms with van der Waals surface area (Å²) in [5.41, 5.74) is 5.04. The van der Waals surface area contributed by atoms with Gasteiger partial charge in [-0.15, -0.1) is 0 Å². The smallest absolute Gasteiger partial charge is 0.191 e. The SMILES string of the molecule is Cc1cccc(C)c1CC(=O)C[N+]1(Cc2ccccc2)CCCC1. The molecule has 0 aliphatic carbocycles. The normalized spacial score (nSPS) is 16.2. The molecule has 2 nitrogen and oxygen atoms in total. The number of likely N-dealkylation sites (tertiary alicyclic amines) is 1. The number of nitrogens with zero attached hydrogens (tertiary/aromatic N) is 1. The van der Waals surface area contributed by atoms with E-state index in [-0.39, 0.29) is 0 Å². The van der Waals surface area contributed by atoms with Gasteiger partial charge in [0.2, 0.25) is 0 Å². The van der Waals surface area contributed by atoms with Gasteiger partial charge in [-0.1, -0.05) is 48.5 Å². The topological polar surface area (TPSA) is 17.1 Å². The predicted octanol–water partition coefficient (Wildman–Crippen LogP) is 4.23. The molecule has 0 spiro atoms. The first kappa shape index (κ1) is 16.9. The van der Waals surface area contributed by atoms with Crippen molar-refractivity contribution in [2.75, 3.05) is 19.6 Å². The highest BCUT2D eigenvalue weighted by molar-refractivity contribution is 5.82. The van der Waals surface area contributed by atoms with Crippen LogP contribution in [0.1, 0.15) is 35.1 Å². The van der Waals surface area contributed by atoms with Crippen LogP contribution >= 0.6 is 0 Å². The molecule has 0 bridgehead atoms. The quantitative estimate of drug-likeness (QED) is 0.728. The lowest BCUT2D eigenvalue weighted by molar-refractivity contribution is -0.922. The van der Waals surface area contributed by atoms with E-state index in [4.69, 9.17) is 0 Å². The van der Waals surface area contributed by atoms with Crippen molar-refractivity contribution in [2.24, 2.45) is 0 Å². The van der Waals surface area contributed by atoms with Gasteiger partial charge in [-0.25, -0.2) is 0 Å². The summed E-state index contributed by atoms with van der Waals surface area (Å²) in [5.74, 6) is 0.380. The number of quaternary nitrogens is 1. The van der Waals surface area contributed by atoms with E-state index in [2.05, 4.69) is 62.4 Å². The van der Waals surface area contributed by atoms with Crippen molar-refractivity contribution in [3.05, 3.63) is 70.8 Å². The van der Waals surface area contributed by atoms with Crippen molar-refractivity contribution in [2.45, 2.75) is 39.7 Å². The summed E-state index contributed by atoms with van der Waals surface area (Å²) in [5, 5.41) is 0. The first-order chi connectivity index (χ1) is 11.6. The molecule has 1 heterocycles. The van der Waals surface area contributed by atoms with Gasteiger partial charge in [0, 0.05) is 24.8 Å². The third kappa shape index (κ3) is 3.93. The van der Waals surface area contributed by atoms with Gasteiger partial charge in [0.15, 0.2) is 5.78 Å². The number of hydrogen-bond donors (Lipinski definition) is 0. The Balaban J connectivity index is 1.73. The molecule has 126 valence electrons. The van der Waals surface area contributed by atoms with Crippen molar-refractivity contribution in [3.63, 3.8) is 0 Å². The van der Waals surface area contributed by atoms with E-state index in [1.807, 2.05) is 0 Å². The highest BCUT2D eigenvalue weighted by Crippen LogP contribution is 2.24. The molecule has 24 heavy (non-hydrogen) atoms.